The van der Waals surface area contributed by atoms with Gasteiger partial charge in [-0.15, -0.1) is 11.3 Å². The molecule has 6 rings (SSSR count). The van der Waals surface area contributed by atoms with E-state index < -0.39 is 5.97 Å². The lowest BCUT2D eigenvalue weighted by atomic mass is 10.1. The Morgan fingerprint density at radius 1 is 0.947 bits per heavy atom. The molecule has 0 atom stereocenters. The highest BCUT2D eigenvalue weighted by Gasteiger charge is 2.18. The van der Waals surface area contributed by atoms with Crippen LogP contribution in [0.25, 0.3) is 32.2 Å². The fourth-order valence-electron chi connectivity index (χ4n) is 4.96. The van der Waals surface area contributed by atoms with E-state index in [1.165, 1.54) is 16.3 Å². The minimum atomic E-state index is -0.847. The fourth-order valence-corrected chi connectivity index (χ4v) is 5.77. The Balaban J connectivity index is 1.29. The van der Waals surface area contributed by atoms with Crippen LogP contribution < -0.4 is 4.74 Å². The number of carboxylic acids is 1. The molecule has 1 N–H and O–H groups in total. The zero-order valence-electron chi connectivity index (χ0n) is 20.9. The number of aromatic nitrogens is 2. The molecule has 0 spiro atoms. The van der Waals surface area contributed by atoms with Crippen LogP contribution in [0, 0.1) is 6.92 Å². The largest absolute Gasteiger partial charge is 0.487 e. The van der Waals surface area contributed by atoms with Crippen molar-refractivity contribution in [2.45, 2.75) is 26.5 Å². The number of hydrogen-bond acceptors (Lipinski definition) is 4. The van der Waals surface area contributed by atoms with Crippen LogP contribution in [0.1, 0.15) is 22.5 Å². The van der Waals surface area contributed by atoms with Crippen molar-refractivity contribution in [3.05, 3.63) is 119 Å². The van der Waals surface area contributed by atoms with Crippen LogP contribution in [0.3, 0.4) is 0 Å². The molecule has 5 nitrogen and oxygen atoms in total. The third-order valence-electron chi connectivity index (χ3n) is 6.87. The first-order chi connectivity index (χ1) is 18.5. The van der Waals surface area contributed by atoms with Crippen molar-refractivity contribution < 1.29 is 14.6 Å². The van der Waals surface area contributed by atoms with E-state index in [9.17, 15) is 9.90 Å². The first-order valence-electron chi connectivity index (χ1n) is 12.5. The van der Waals surface area contributed by atoms with Crippen molar-refractivity contribution in [1.29, 1.82) is 0 Å². The van der Waals surface area contributed by atoms with Crippen molar-refractivity contribution >= 4 is 39.0 Å². The van der Waals surface area contributed by atoms with Crippen molar-refractivity contribution in [3.63, 3.8) is 0 Å². The summed E-state index contributed by atoms with van der Waals surface area (Å²) in [5, 5.41) is 15.9. The van der Waals surface area contributed by atoms with Crippen LogP contribution in [0.4, 0.5) is 0 Å². The average Bonchev–Trinajstić information content (AvgIpc) is 3.51. The Morgan fingerprint density at radius 3 is 2.55 bits per heavy atom. The number of hydrogen-bond donors (Lipinski definition) is 1. The molecule has 0 amide bonds. The molecule has 0 unspecified atom stereocenters. The highest BCUT2D eigenvalue weighted by Crippen LogP contribution is 2.32. The average molecular weight is 519 g/mol. The number of rotatable bonds is 8. The van der Waals surface area contributed by atoms with Gasteiger partial charge in [0.05, 0.1) is 12.1 Å². The highest BCUT2D eigenvalue weighted by atomic mass is 32.1. The molecule has 6 heteroatoms. The van der Waals surface area contributed by atoms with E-state index in [1.807, 2.05) is 73.0 Å². The van der Waals surface area contributed by atoms with Crippen LogP contribution in [0.5, 0.6) is 5.75 Å². The summed E-state index contributed by atoms with van der Waals surface area (Å²) in [5.41, 5.74) is 5.90. The van der Waals surface area contributed by atoms with Crippen molar-refractivity contribution in [2.75, 3.05) is 0 Å². The van der Waals surface area contributed by atoms with Crippen molar-refractivity contribution in [1.82, 2.24) is 9.55 Å². The second-order valence-electron chi connectivity index (χ2n) is 9.38. The topological polar surface area (TPSA) is 64.3 Å². The van der Waals surface area contributed by atoms with Crippen molar-refractivity contribution in [3.8, 4) is 16.3 Å². The normalized spacial score (nSPS) is 11.3. The lowest BCUT2D eigenvalue weighted by molar-refractivity contribution is -0.136. The third kappa shape index (κ3) is 4.78. The summed E-state index contributed by atoms with van der Waals surface area (Å²) in [5.74, 6) is -0.152. The van der Waals surface area contributed by atoms with Gasteiger partial charge < -0.3 is 14.4 Å². The summed E-state index contributed by atoms with van der Waals surface area (Å²) in [6.07, 6.45) is -0.0387. The van der Waals surface area contributed by atoms with Gasteiger partial charge in [0.25, 0.3) is 0 Å². The second kappa shape index (κ2) is 10.1. The maximum absolute atomic E-state index is 11.7. The first kappa shape index (κ1) is 23.9. The molecule has 0 bridgehead atoms. The quantitative estimate of drug-likeness (QED) is 0.227. The maximum atomic E-state index is 11.7. The van der Waals surface area contributed by atoms with Gasteiger partial charge in [-0.3, -0.25) is 4.79 Å². The molecule has 6 aromatic rings. The summed E-state index contributed by atoms with van der Waals surface area (Å²) in [4.78, 5) is 16.5. The summed E-state index contributed by atoms with van der Waals surface area (Å²) in [7, 11) is 0. The molecule has 0 saturated carbocycles. The summed E-state index contributed by atoms with van der Waals surface area (Å²) in [6.45, 7) is 3.01. The van der Waals surface area contributed by atoms with Gasteiger partial charge in [-0.2, -0.15) is 0 Å². The van der Waals surface area contributed by atoms with Crippen LogP contribution in [0.2, 0.25) is 0 Å². The molecule has 38 heavy (non-hydrogen) atoms. The van der Waals surface area contributed by atoms with E-state index in [2.05, 4.69) is 34.9 Å². The molecule has 0 radical (unpaired) electrons. The number of aliphatic carboxylic acids is 1. The molecule has 2 aromatic heterocycles. The number of benzene rings is 4. The Labute approximate surface area is 224 Å². The zero-order chi connectivity index (χ0) is 26.1. The minimum absolute atomic E-state index is 0.0387. The highest BCUT2D eigenvalue weighted by molar-refractivity contribution is 7.13. The van der Waals surface area contributed by atoms with Crippen LogP contribution >= 0.6 is 11.3 Å². The van der Waals surface area contributed by atoms with Gasteiger partial charge in [0.1, 0.15) is 17.4 Å². The zero-order valence-corrected chi connectivity index (χ0v) is 21.7. The Kier molecular flexibility index (Phi) is 6.40. The number of nitrogens with zero attached hydrogens (tertiary/aromatic N) is 2. The van der Waals surface area contributed by atoms with Crippen LogP contribution in [-0.2, 0) is 24.4 Å². The maximum Gasteiger partial charge on any atom is 0.307 e. The summed E-state index contributed by atoms with van der Waals surface area (Å²) >= 11 is 1.60. The van der Waals surface area contributed by atoms with Gasteiger partial charge in [0.2, 0.25) is 0 Å². The Bertz CT molecular complexity index is 1770. The van der Waals surface area contributed by atoms with Crippen molar-refractivity contribution in [2.24, 2.45) is 0 Å². The molecule has 188 valence electrons. The number of thiazole rings is 1. The molecule has 0 aliphatic rings. The Morgan fingerprint density at radius 2 is 1.74 bits per heavy atom. The molecular weight excluding hydrogens is 492 g/mol. The second-order valence-corrected chi connectivity index (χ2v) is 10.2. The van der Waals surface area contributed by atoms with Gasteiger partial charge in [0, 0.05) is 34.1 Å². The fraction of sp³-hybridized carbons (Fsp3) is 0.125. The monoisotopic (exact) mass is 518 g/mol. The van der Waals surface area contributed by atoms with E-state index in [4.69, 9.17) is 9.72 Å². The first-order valence-corrected chi connectivity index (χ1v) is 13.4. The van der Waals surface area contributed by atoms with Gasteiger partial charge >= 0.3 is 5.97 Å². The number of ether oxygens (including phenoxy) is 1. The summed E-state index contributed by atoms with van der Waals surface area (Å²) < 4.78 is 8.31. The van der Waals surface area contributed by atoms with Crippen LogP contribution in [-0.4, -0.2) is 20.6 Å². The number of fused-ring (bicyclic) bond motifs is 2. The lowest BCUT2D eigenvalue weighted by Crippen LogP contribution is -2.05. The third-order valence-corrected chi connectivity index (χ3v) is 7.81. The molecule has 4 aromatic carbocycles. The van der Waals surface area contributed by atoms with Gasteiger partial charge in [-0.1, -0.05) is 66.7 Å². The summed E-state index contributed by atoms with van der Waals surface area (Å²) in [6, 6.07) is 30.8. The predicted octanol–water partition coefficient (Wildman–Crippen LogP) is 7.48. The van der Waals surface area contributed by atoms with E-state index in [1.54, 1.807) is 11.3 Å². The molecule has 0 fully saturated rings. The standard InChI is InChI=1S/C32H26N2O3S/c1-21-28(17-31(35)36)29-16-27(37-19-26-20-38-32(33-26)24-8-3-2-4-9-24)13-14-30(29)34(21)18-22-11-12-23-7-5-6-10-25(23)15-22/h2-16,20H,17-19H2,1H3,(H,35,36). The van der Waals surface area contributed by atoms with E-state index in [0.717, 1.165) is 38.4 Å². The van der Waals surface area contributed by atoms with Gasteiger partial charge in [0.15, 0.2) is 0 Å². The van der Waals surface area contributed by atoms with Crippen LogP contribution in [0.15, 0.2) is 96.4 Å². The smallest absolute Gasteiger partial charge is 0.307 e. The molecule has 0 aliphatic carbocycles. The van der Waals surface area contributed by atoms with E-state index >= 15 is 0 Å². The predicted molar refractivity (Wildman–Crippen MR) is 153 cm³/mol. The number of carbonyl (C=O) groups is 1. The lowest BCUT2D eigenvalue weighted by Gasteiger charge is -2.11. The molecule has 2 heterocycles. The number of carboxylic acid groups (broad SMARTS) is 1. The minimum Gasteiger partial charge on any atom is -0.487 e. The Hall–Kier alpha value is -4.42. The SMILES string of the molecule is Cc1c(CC(=O)O)c2cc(OCc3csc(-c4ccccc4)n3)ccc2n1Cc1ccc2ccccc2c1. The molecule has 0 aliphatic heterocycles. The van der Waals surface area contributed by atoms with E-state index in [0.29, 0.717) is 18.9 Å². The van der Waals surface area contributed by atoms with Gasteiger partial charge in [-0.05, 0) is 53.1 Å². The van der Waals surface area contributed by atoms with E-state index in [-0.39, 0.29) is 6.42 Å². The molecular formula is C32H26N2O3S. The van der Waals surface area contributed by atoms with Gasteiger partial charge in [-0.25, -0.2) is 4.98 Å². The molecule has 0 saturated heterocycles.